The van der Waals surface area contributed by atoms with Crippen molar-refractivity contribution in [3.8, 4) is 0 Å². The molecule has 2 aromatic heterocycles. The van der Waals surface area contributed by atoms with Crippen molar-refractivity contribution in [2.24, 2.45) is 11.3 Å². The van der Waals surface area contributed by atoms with Gasteiger partial charge in [0.1, 0.15) is 17.9 Å². The Morgan fingerprint density at radius 2 is 2.03 bits per heavy atom. The number of aliphatic hydroxyl groups excluding tert-OH is 1. The van der Waals surface area contributed by atoms with Crippen molar-refractivity contribution in [3.63, 3.8) is 0 Å². The van der Waals surface area contributed by atoms with Gasteiger partial charge in [0.05, 0.1) is 11.8 Å². The first-order chi connectivity index (χ1) is 16.0. The lowest BCUT2D eigenvalue weighted by atomic mass is 9.85. The number of β-amino-alcohol motifs (C(OH)–C–C–N with tert-alkyl or cyclic N) is 1. The second-order valence-electron chi connectivity index (χ2n) is 11.0. The fraction of sp³-hybridized carbons (Fsp3) is 0.708. The van der Waals surface area contributed by atoms with Gasteiger partial charge >= 0.3 is 0 Å². The monoisotopic (exact) mass is 471 g/mol. The third-order valence-electron chi connectivity index (χ3n) is 6.76. The van der Waals surface area contributed by atoms with Crippen molar-refractivity contribution in [3.05, 3.63) is 30.1 Å². The molecule has 0 radical (unpaired) electrons. The highest BCUT2D eigenvalue weighted by Crippen LogP contribution is 2.40. The molecule has 1 aliphatic carbocycles. The molecule has 2 fully saturated rings. The third kappa shape index (κ3) is 5.32. The zero-order valence-electron chi connectivity index (χ0n) is 20.8. The number of carbonyl (C=O) groups is 2. The number of imidazole rings is 1. The smallest absolute Gasteiger partial charge is 0.248 e. The highest BCUT2D eigenvalue weighted by Gasteiger charge is 2.45. The summed E-state index contributed by atoms with van der Waals surface area (Å²) in [6.07, 6.45) is 7.26. The third-order valence-corrected chi connectivity index (χ3v) is 6.76. The van der Waals surface area contributed by atoms with Crippen LogP contribution in [0.25, 0.3) is 0 Å². The van der Waals surface area contributed by atoms with Crippen LogP contribution < -0.4 is 5.32 Å². The fourth-order valence-electron chi connectivity index (χ4n) is 4.72. The maximum Gasteiger partial charge on any atom is 0.248 e. The van der Waals surface area contributed by atoms with Crippen LogP contribution in [0.2, 0.25) is 0 Å². The lowest BCUT2D eigenvalue weighted by Crippen LogP contribution is -2.51. The molecule has 186 valence electrons. The Morgan fingerprint density at radius 1 is 1.29 bits per heavy atom. The molecule has 2 aromatic rings. The number of hydrogen-bond acceptors (Lipinski definition) is 6. The van der Waals surface area contributed by atoms with E-state index in [2.05, 4.69) is 27.5 Å². The molecule has 2 amide bonds. The first-order valence-corrected chi connectivity index (χ1v) is 12.2. The average Bonchev–Trinajstić information content (AvgIpc) is 3.15. The number of nitrogens with zero attached hydrogens (tertiary/aromatic N) is 6. The molecule has 34 heavy (non-hydrogen) atoms. The molecule has 1 saturated heterocycles. The molecule has 10 nitrogen and oxygen atoms in total. The van der Waals surface area contributed by atoms with E-state index in [4.69, 9.17) is 0 Å². The van der Waals surface area contributed by atoms with E-state index in [0.29, 0.717) is 12.5 Å². The largest absolute Gasteiger partial charge is 0.391 e. The number of rotatable bonds is 8. The van der Waals surface area contributed by atoms with Gasteiger partial charge in [-0.3, -0.25) is 9.59 Å². The van der Waals surface area contributed by atoms with Crippen molar-refractivity contribution in [1.29, 1.82) is 0 Å². The molecule has 2 aliphatic rings. The Morgan fingerprint density at radius 3 is 2.65 bits per heavy atom. The van der Waals surface area contributed by atoms with E-state index in [0.717, 1.165) is 30.9 Å². The van der Waals surface area contributed by atoms with Crippen LogP contribution in [-0.4, -0.2) is 71.6 Å². The van der Waals surface area contributed by atoms with Crippen LogP contribution in [0.4, 0.5) is 0 Å². The molecule has 1 unspecified atom stereocenters. The van der Waals surface area contributed by atoms with Gasteiger partial charge in [-0.05, 0) is 31.1 Å². The van der Waals surface area contributed by atoms with E-state index in [-0.39, 0.29) is 30.7 Å². The van der Waals surface area contributed by atoms with Crippen molar-refractivity contribution >= 4 is 11.8 Å². The quantitative estimate of drug-likeness (QED) is 0.605. The van der Waals surface area contributed by atoms with E-state index in [1.165, 1.54) is 4.90 Å². The van der Waals surface area contributed by atoms with E-state index >= 15 is 0 Å². The van der Waals surface area contributed by atoms with Crippen molar-refractivity contribution in [2.75, 3.05) is 13.1 Å². The first kappa shape index (κ1) is 24.4. The molecule has 1 aliphatic heterocycles. The van der Waals surface area contributed by atoms with Crippen LogP contribution in [0.1, 0.15) is 70.4 Å². The van der Waals surface area contributed by atoms with Crippen LogP contribution in [0.3, 0.4) is 0 Å². The van der Waals surface area contributed by atoms with Crippen molar-refractivity contribution in [1.82, 2.24) is 34.8 Å². The summed E-state index contributed by atoms with van der Waals surface area (Å²) >= 11 is 0. The summed E-state index contributed by atoms with van der Waals surface area (Å²) < 4.78 is 3.69. The molecule has 4 atom stereocenters. The van der Waals surface area contributed by atoms with Gasteiger partial charge in [0.15, 0.2) is 0 Å². The normalized spacial score (nSPS) is 22.6. The van der Waals surface area contributed by atoms with Crippen LogP contribution >= 0.6 is 0 Å². The van der Waals surface area contributed by atoms with E-state index in [1.807, 2.05) is 44.7 Å². The van der Waals surface area contributed by atoms with Crippen LogP contribution in [0.5, 0.6) is 0 Å². The highest BCUT2D eigenvalue weighted by molar-refractivity contribution is 5.90. The summed E-state index contributed by atoms with van der Waals surface area (Å²) in [5.41, 5.74) is 0.470. The molecule has 10 heteroatoms. The zero-order valence-corrected chi connectivity index (χ0v) is 20.8. The summed E-state index contributed by atoms with van der Waals surface area (Å²) in [6.45, 7) is 11.3. The lowest BCUT2D eigenvalue weighted by molar-refractivity contribution is -0.144. The predicted octanol–water partition coefficient (Wildman–Crippen LogP) is 1.66. The predicted molar refractivity (Wildman–Crippen MR) is 126 cm³/mol. The molecule has 0 aromatic carbocycles. The maximum absolute atomic E-state index is 13.8. The van der Waals surface area contributed by atoms with Gasteiger partial charge in [0.25, 0.3) is 0 Å². The van der Waals surface area contributed by atoms with Gasteiger partial charge in [-0.25, -0.2) is 9.67 Å². The minimum absolute atomic E-state index is 0.136. The Hall–Kier alpha value is -2.75. The molecule has 4 rings (SSSR count). The SMILES string of the molecule is Cc1nccn1CC(C)CNC(=O)[C@H]1C[C@H](O)CN1C(=O)[C@H](n1cc(C2CC2)nn1)C(C)(C)C. The summed E-state index contributed by atoms with van der Waals surface area (Å²) in [4.78, 5) is 32.7. The Balaban J connectivity index is 1.44. The van der Waals surface area contributed by atoms with Gasteiger partial charge in [-0.2, -0.15) is 0 Å². The number of likely N-dealkylation sites (tertiary alicyclic amines) is 1. The minimum atomic E-state index is -0.732. The number of hydrogen-bond donors (Lipinski definition) is 2. The van der Waals surface area contributed by atoms with E-state index in [9.17, 15) is 14.7 Å². The Bertz CT molecular complexity index is 1020. The Labute approximate surface area is 200 Å². The Kier molecular flexibility index (Phi) is 6.80. The van der Waals surface area contributed by atoms with Gasteiger partial charge in [0.2, 0.25) is 11.8 Å². The number of carbonyl (C=O) groups excluding carboxylic acids is 2. The lowest BCUT2D eigenvalue weighted by Gasteiger charge is -2.34. The molecule has 3 heterocycles. The number of aromatic nitrogens is 5. The van der Waals surface area contributed by atoms with E-state index in [1.54, 1.807) is 10.9 Å². The second-order valence-corrected chi connectivity index (χ2v) is 11.0. The topological polar surface area (TPSA) is 118 Å². The molecule has 1 saturated carbocycles. The average molecular weight is 472 g/mol. The molecule has 0 spiro atoms. The van der Waals surface area contributed by atoms with Gasteiger partial charge in [0, 0.05) is 50.6 Å². The number of nitrogens with one attached hydrogen (secondary N) is 1. The second kappa shape index (κ2) is 9.48. The maximum atomic E-state index is 13.8. The molecule has 2 N–H and O–H groups in total. The fourth-order valence-corrected chi connectivity index (χ4v) is 4.72. The molecular weight excluding hydrogens is 434 g/mol. The van der Waals surface area contributed by atoms with Gasteiger partial charge in [-0.1, -0.05) is 32.9 Å². The van der Waals surface area contributed by atoms with Gasteiger partial charge in [-0.15, -0.1) is 5.10 Å². The summed E-state index contributed by atoms with van der Waals surface area (Å²) in [6, 6.07) is -1.32. The highest BCUT2D eigenvalue weighted by atomic mass is 16.3. The molecule has 0 bridgehead atoms. The number of aliphatic hydroxyl groups is 1. The number of aryl methyl sites for hydroxylation is 1. The van der Waals surface area contributed by atoms with E-state index < -0.39 is 23.6 Å². The first-order valence-electron chi connectivity index (χ1n) is 12.2. The summed E-state index contributed by atoms with van der Waals surface area (Å²) in [5, 5.41) is 21.9. The van der Waals surface area contributed by atoms with Gasteiger partial charge < -0.3 is 19.9 Å². The standard InChI is InChI=1S/C24H37N7O3/c1-15(12-29-9-8-25-16(29)2)11-26-22(33)20-10-18(32)13-30(20)23(34)21(24(3,4)5)31-14-19(27-28-31)17-6-7-17/h8-9,14-15,17-18,20-21,32H,6-7,10-13H2,1-5H3,(H,26,33)/t15?,18-,20+,21-/m0/s1. The minimum Gasteiger partial charge on any atom is -0.391 e. The summed E-state index contributed by atoms with van der Waals surface area (Å²) in [5.74, 6) is 1.11. The van der Waals surface area contributed by atoms with Crippen LogP contribution in [0.15, 0.2) is 18.6 Å². The van der Waals surface area contributed by atoms with Crippen LogP contribution in [-0.2, 0) is 16.1 Å². The zero-order chi connectivity index (χ0) is 24.6. The van der Waals surface area contributed by atoms with Crippen LogP contribution in [0, 0.1) is 18.3 Å². The number of amides is 2. The molecular formula is C24H37N7O3. The van der Waals surface area contributed by atoms with Crippen molar-refractivity contribution in [2.45, 2.75) is 84.5 Å². The summed E-state index contributed by atoms with van der Waals surface area (Å²) in [7, 11) is 0. The van der Waals surface area contributed by atoms with Crippen molar-refractivity contribution < 1.29 is 14.7 Å².